The third-order valence-electron chi connectivity index (χ3n) is 7.80. The van der Waals surface area contributed by atoms with Gasteiger partial charge in [-0.05, 0) is 6.92 Å². The second-order valence-corrected chi connectivity index (χ2v) is 12.5. The number of alkyl halides is 38. The zero-order valence-corrected chi connectivity index (χ0v) is 29.5. The summed E-state index contributed by atoms with van der Waals surface area (Å²) in [6.45, 7) is -8.65. The van der Waals surface area contributed by atoms with Crippen LogP contribution >= 0.6 is 0 Å². The molecule has 0 aliphatic rings. The smallest absolute Gasteiger partial charge is 0.456 e. The van der Waals surface area contributed by atoms with Crippen LogP contribution < -0.4 is 0 Å². The summed E-state index contributed by atoms with van der Waals surface area (Å²) < 4.78 is 514. The molecule has 4 nitrogen and oxygen atoms in total. The van der Waals surface area contributed by atoms with Gasteiger partial charge in [0.1, 0.15) is 0 Å². The molecule has 0 N–H and O–H groups in total. The molecule has 0 aromatic heterocycles. The summed E-state index contributed by atoms with van der Waals surface area (Å²) in [5.74, 6) is -149. The number of esters is 2. The molecule has 0 saturated carbocycles. The quantitative estimate of drug-likeness (QED) is 0.0693. The Balaban J connectivity index is 6.60. The summed E-state index contributed by atoms with van der Waals surface area (Å²) in [5, 5.41) is 0. The Morgan fingerprint density at radius 3 is 0.687 bits per heavy atom. The fourth-order valence-electron chi connectivity index (χ4n) is 3.68. The van der Waals surface area contributed by atoms with Gasteiger partial charge < -0.3 is 9.47 Å². The molecule has 0 aliphatic heterocycles. The van der Waals surface area contributed by atoms with Crippen LogP contribution in [0.15, 0.2) is 11.6 Å². The van der Waals surface area contributed by atoms with Gasteiger partial charge in [0.15, 0.2) is 13.2 Å². The minimum absolute atomic E-state index is 0.329. The Morgan fingerprint density at radius 1 is 0.299 bits per heavy atom. The van der Waals surface area contributed by atoms with Crippen molar-refractivity contribution >= 4 is 11.9 Å². The van der Waals surface area contributed by atoms with E-state index in [0.717, 1.165) is 0 Å². The van der Waals surface area contributed by atoms with E-state index in [-0.39, 0.29) is 6.92 Å². The average Bonchev–Trinajstić information content (AvgIpc) is 3.10. The van der Waals surface area contributed by atoms with Crippen molar-refractivity contribution < 1.29 is 186 Å². The number of carbonyl (C=O) groups is 2. The Kier molecular flexibility index (Phi) is 15.6. The normalized spacial score (nSPS) is 16.6. The summed E-state index contributed by atoms with van der Waals surface area (Å²) in [6.07, 6.45) is -17.6. The van der Waals surface area contributed by atoms with Crippen LogP contribution in [-0.2, 0) is 19.1 Å². The van der Waals surface area contributed by atoms with E-state index in [0.29, 0.717) is 0 Å². The molecule has 42 heteroatoms. The van der Waals surface area contributed by atoms with Gasteiger partial charge >= 0.3 is 119 Å². The molecule has 0 aromatic carbocycles. The lowest BCUT2D eigenvalue weighted by atomic mass is 9.87. The second kappa shape index (κ2) is 16.6. The van der Waals surface area contributed by atoms with E-state index in [1.807, 2.05) is 0 Å². The molecule has 0 heterocycles. The number of ether oxygens (including phenoxy) is 2. The lowest BCUT2D eigenvalue weighted by Gasteiger charge is -2.43. The van der Waals surface area contributed by atoms with Gasteiger partial charge in [-0.2, -0.15) is 167 Å². The number of hydrogen-bond acceptors (Lipinski definition) is 4. The van der Waals surface area contributed by atoms with Crippen molar-refractivity contribution in [2.24, 2.45) is 0 Å². The Hall–Kier alpha value is -3.98. The molecule has 0 aliphatic carbocycles. The fraction of sp³-hybridized carbons (Fsp3) is 0.840. The third-order valence-corrected chi connectivity index (χ3v) is 7.80. The number of rotatable bonds is 20. The van der Waals surface area contributed by atoms with E-state index >= 15 is 0 Å². The largest absolute Gasteiger partial charge is 0.460 e. The minimum atomic E-state index is -9.41. The molecule has 67 heavy (non-hydrogen) atoms. The first-order valence-electron chi connectivity index (χ1n) is 14.6. The molecule has 0 spiro atoms. The average molecular weight is 1090 g/mol. The van der Waals surface area contributed by atoms with Gasteiger partial charge in [-0.1, -0.05) is 0 Å². The molecule has 0 bridgehead atoms. The van der Waals surface area contributed by atoms with Crippen LogP contribution in [0.5, 0.6) is 0 Å². The molecular formula is C25H8F38O4. The fourth-order valence-corrected chi connectivity index (χ4v) is 3.68. The van der Waals surface area contributed by atoms with Gasteiger partial charge in [-0.3, -0.25) is 0 Å². The maximum Gasteiger partial charge on any atom is 0.460 e. The summed E-state index contributed by atoms with van der Waals surface area (Å²) in [7, 11) is 0. The molecule has 0 saturated heterocycles. The lowest BCUT2D eigenvalue weighted by molar-refractivity contribution is -0.469. The molecule has 0 unspecified atom stereocenters. The number of carbonyl (C=O) groups excluding carboxylic acids is 2. The molecule has 0 atom stereocenters. The van der Waals surface area contributed by atoms with Crippen LogP contribution in [0.4, 0.5) is 167 Å². The van der Waals surface area contributed by atoms with Crippen molar-refractivity contribution in [2.75, 3.05) is 13.2 Å². The predicted octanol–water partition coefficient (Wildman–Crippen LogP) is 12.3. The van der Waals surface area contributed by atoms with Gasteiger partial charge in [-0.25, -0.2) is 9.59 Å². The Bertz CT molecular complexity index is 1850. The van der Waals surface area contributed by atoms with Crippen molar-refractivity contribution in [3.8, 4) is 0 Å². The first kappa shape index (κ1) is 63.0. The van der Waals surface area contributed by atoms with Crippen LogP contribution in [0.1, 0.15) is 6.92 Å². The van der Waals surface area contributed by atoms with Gasteiger partial charge in [0.05, 0.1) is 0 Å². The SMILES string of the molecule is C/C(=C/C(=O)OCC(F)(F)C(F)(F)C(F)(F)C(F)(F)C(F)(F)C(F)(F)C(F)(F)C(F)(F)C(F)(F)F)C(=O)OCC(F)(F)C(F)(F)C(F)(F)C(F)(F)C(F)(F)C(F)(F)C(F)(F)C(F)(F)C(F)(F)F. The highest BCUT2D eigenvalue weighted by Gasteiger charge is 2.98. The Morgan fingerprint density at radius 2 is 0.478 bits per heavy atom. The Labute approximate surface area is 338 Å². The second-order valence-electron chi connectivity index (χ2n) is 12.5. The molecule has 0 radical (unpaired) electrons. The first-order valence-corrected chi connectivity index (χ1v) is 14.6. The maximum absolute atomic E-state index is 13.9. The van der Waals surface area contributed by atoms with Crippen molar-refractivity contribution in [3.05, 3.63) is 11.6 Å². The van der Waals surface area contributed by atoms with E-state index in [1.165, 1.54) is 0 Å². The van der Waals surface area contributed by atoms with E-state index in [4.69, 9.17) is 0 Å². The van der Waals surface area contributed by atoms with Gasteiger partial charge in [0.25, 0.3) is 0 Å². The zero-order valence-electron chi connectivity index (χ0n) is 29.5. The summed E-state index contributed by atoms with van der Waals surface area (Å²) in [5.41, 5.74) is -2.23. The maximum atomic E-state index is 13.9. The van der Waals surface area contributed by atoms with Crippen LogP contribution in [0.25, 0.3) is 0 Å². The molecule has 0 amide bonds. The van der Waals surface area contributed by atoms with Crippen LogP contribution in [-0.4, -0.2) is 132 Å². The molecule has 0 fully saturated rings. The standard InChI is InChI=1S/C25H8F38O4/c1-5(7(65)67-4-9(28,29)11(32,33)13(36,37)15(40,41)17(44,45)19(48,49)21(52,53)23(56,57)25(61,62)63)2-6(64)66-3-8(26,27)10(30,31)12(34,35)14(38,39)16(42,43)18(46,47)20(50,51)22(54,55)24(58,59)60/h2H,3-4H2,1H3/b5-2-. The van der Waals surface area contributed by atoms with Gasteiger partial charge in [0, 0.05) is 11.6 Å². The van der Waals surface area contributed by atoms with Crippen molar-refractivity contribution in [3.63, 3.8) is 0 Å². The number of halogens is 38. The first-order chi connectivity index (χ1) is 28.4. The lowest BCUT2D eigenvalue weighted by Crippen LogP contribution is -2.76. The summed E-state index contributed by atoms with van der Waals surface area (Å²) in [6, 6.07) is 0. The molecule has 398 valence electrons. The molecule has 0 rings (SSSR count). The highest BCUT2D eigenvalue weighted by Crippen LogP contribution is 2.67. The van der Waals surface area contributed by atoms with Gasteiger partial charge in [0.2, 0.25) is 0 Å². The van der Waals surface area contributed by atoms with Gasteiger partial charge in [-0.15, -0.1) is 0 Å². The van der Waals surface area contributed by atoms with Crippen molar-refractivity contribution in [1.29, 1.82) is 0 Å². The molecule has 0 aromatic rings. The highest BCUT2D eigenvalue weighted by molar-refractivity contribution is 5.95. The van der Waals surface area contributed by atoms with Crippen LogP contribution in [0, 0.1) is 0 Å². The zero-order chi connectivity index (χ0) is 55.3. The van der Waals surface area contributed by atoms with E-state index in [1.54, 1.807) is 0 Å². The summed E-state index contributed by atoms with van der Waals surface area (Å²) >= 11 is 0. The van der Waals surface area contributed by atoms with Crippen molar-refractivity contribution in [2.45, 2.75) is 114 Å². The summed E-state index contributed by atoms with van der Waals surface area (Å²) in [4.78, 5) is 23.1. The van der Waals surface area contributed by atoms with E-state index < -0.39 is 144 Å². The topological polar surface area (TPSA) is 52.6 Å². The van der Waals surface area contributed by atoms with Crippen LogP contribution in [0.2, 0.25) is 0 Å². The highest BCUT2D eigenvalue weighted by atomic mass is 19.4. The molecular weight excluding hydrogens is 1090 g/mol. The van der Waals surface area contributed by atoms with E-state index in [2.05, 4.69) is 9.47 Å². The minimum Gasteiger partial charge on any atom is -0.456 e. The third kappa shape index (κ3) is 8.73. The number of hydrogen-bond donors (Lipinski definition) is 0. The predicted molar refractivity (Wildman–Crippen MR) is 127 cm³/mol. The van der Waals surface area contributed by atoms with E-state index in [9.17, 15) is 176 Å². The van der Waals surface area contributed by atoms with Crippen LogP contribution in [0.3, 0.4) is 0 Å². The van der Waals surface area contributed by atoms with Crippen molar-refractivity contribution in [1.82, 2.24) is 0 Å². The monoisotopic (exact) mass is 1090 g/mol.